The quantitative estimate of drug-likeness (QED) is 0.728. The van der Waals surface area contributed by atoms with E-state index in [0.29, 0.717) is 13.0 Å². The Hall–Kier alpha value is -1.39. The van der Waals surface area contributed by atoms with Gasteiger partial charge in [0.15, 0.2) is 0 Å². The van der Waals surface area contributed by atoms with Gasteiger partial charge in [-0.1, -0.05) is 36.4 Å². The van der Waals surface area contributed by atoms with E-state index in [1.54, 1.807) is 7.05 Å². The fourth-order valence-electron chi connectivity index (χ4n) is 2.52. The van der Waals surface area contributed by atoms with Crippen LogP contribution >= 0.6 is 0 Å². The van der Waals surface area contributed by atoms with Gasteiger partial charge in [0.25, 0.3) is 0 Å². The number of sulfonamides is 1. The van der Waals surface area contributed by atoms with Gasteiger partial charge in [-0.05, 0) is 28.3 Å². The molecule has 2 aromatic rings. The molecule has 4 heteroatoms. The Morgan fingerprint density at radius 3 is 2.72 bits per heavy atom. The molecule has 0 atom stereocenters. The van der Waals surface area contributed by atoms with Gasteiger partial charge in [-0.25, -0.2) is 12.7 Å². The van der Waals surface area contributed by atoms with Gasteiger partial charge in [0.1, 0.15) is 0 Å². The molecule has 3 rings (SSSR count). The average Bonchev–Trinajstić information content (AvgIpc) is 2.48. The SMILES string of the molecule is CN1Cc2c(ccc3ccccc23)CCS1(=O)=O. The predicted octanol–water partition coefficient (Wildman–Crippen LogP) is 2.16. The maximum atomic E-state index is 11.9. The van der Waals surface area contributed by atoms with Crippen molar-refractivity contribution in [3.8, 4) is 0 Å². The number of fused-ring (bicyclic) bond motifs is 3. The average molecular weight is 261 g/mol. The molecule has 94 valence electrons. The van der Waals surface area contributed by atoms with Crippen LogP contribution in [0.2, 0.25) is 0 Å². The van der Waals surface area contributed by atoms with Crippen LogP contribution in [0.3, 0.4) is 0 Å². The van der Waals surface area contributed by atoms with Crippen LogP contribution in [0, 0.1) is 0 Å². The summed E-state index contributed by atoms with van der Waals surface area (Å²) in [6.07, 6.45) is 0.604. The number of hydrogen-bond acceptors (Lipinski definition) is 2. The van der Waals surface area contributed by atoms with Gasteiger partial charge in [-0.15, -0.1) is 0 Å². The molecule has 0 saturated heterocycles. The zero-order valence-corrected chi connectivity index (χ0v) is 11.1. The number of aryl methyl sites for hydroxylation is 1. The van der Waals surface area contributed by atoms with Crippen LogP contribution in [-0.4, -0.2) is 25.5 Å². The Balaban J connectivity index is 2.24. The van der Waals surface area contributed by atoms with E-state index in [4.69, 9.17) is 0 Å². The molecular weight excluding hydrogens is 246 g/mol. The smallest absolute Gasteiger partial charge is 0.212 e. The van der Waals surface area contributed by atoms with Crippen LogP contribution in [0.15, 0.2) is 36.4 Å². The summed E-state index contributed by atoms with van der Waals surface area (Å²) < 4.78 is 25.3. The minimum absolute atomic E-state index is 0.203. The van der Waals surface area contributed by atoms with E-state index >= 15 is 0 Å². The van der Waals surface area contributed by atoms with Gasteiger partial charge in [0.2, 0.25) is 10.0 Å². The minimum Gasteiger partial charge on any atom is -0.212 e. The number of benzene rings is 2. The van der Waals surface area contributed by atoms with Crippen LogP contribution in [0.25, 0.3) is 10.8 Å². The van der Waals surface area contributed by atoms with Gasteiger partial charge >= 0.3 is 0 Å². The van der Waals surface area contributed by atoms with Gasteiger partial charge in [-0.2, -0.15) is 0 Å². The second-order valence-electron chi connectivity index (χ2n) is 4.75. The van der Waals surface area contributed by atoms with E-state index in [9.17, 15) is 8.42 Å². The largest absolute Gasteiger partial charge is 0.214 e. The molecule has 2 aromatic carbocycles. The van der Waals surface area contributed by atoms with Crippen LogP contribution in [0.4, 0.5) is 0 Å². The fraction of sp³-hybridized carbons (Fsp3) is 0.286. The topological polar surface area (TPSA) is 37.4 Å². The third-order valence-electron chi connectivity index (χ3n) is 3.62. The lowest BCUT2D eigenvalue weighted by atomic mass is 9.97. The molecule has 0 fully saturated rings. The molecule has 1 heterocycles. The highest BCUT2D eigenvalue weighted by Gasteiger charge is 2.24. The molecular formula is C14H15NO2S. The summed E-state index contributed by atoms with van der Waals surface area (Å²) in [6, 6.07) is 12.3. The molecule has 0 aliphatic carbocycles. The van der Waals surface area contributed by atoms with Crippen LogP contribution < -0.4 is 0 Å². The summed E-state index contributed by atoms with van der Waals surface area (Å²) in [6.45, 7) is 0.471. The highest BCUT2D eigenvalue weighted by atomic mass is 32.2. The van der Waals surface area contributed by atoms with Crippen molar-refractivity contribution in [1.82, 2.24) is 4.31 Å². The standard InChI is InChI=1S/C14H15NO2S/c1-15-10-14-12(8-9-18(15,16)17)7-6-11-4-2-3-5-13(11)14/h2-7H,8-10H2,1H3. The van der Waals surface area contributed by atoms with Crippen molar-refractivity contribution >= 4 is 20.8 Å². The van der Waals surface area contributed by atoms with E-state index in [2.05, 4.69) is 24.3 Å². The molecule has 0 unspecified atom stereocenters. The first-order valence-electron chi connectivity index (χ1n) is 6.01. The second-order valence-corrected chi connectivity index (χ2v) is 6.94. The fourth-order valence-corrected chi connectivity index (χ4v) is 3.63. The first-order valence-corrected chi connectivity index (χ1v) is 7.62. The van der Waals surface area contributed by atoms with Gasteiger partial charge < -0.3 is 0 Å². The molecule has 0 N–H and O–H groups in total. The van der Waals surface area contributed by atoms with E-state index < -0.39 is 10.0 Å². The monoisotopic (exact) mass is 261 g/mol. The molecule has 0 spiro atoms. The molecule has 1 aliphatic heterocycles. The summed E-state index contributed by atoms with van der Waals surface area (Å²) in [7, 11) is -1.44. The van der Waals surface area contributed by atoms with Gasteiger partial charge in [0.05, 0.1) is 5.75 Å². The molecule has 0 amide bonds. The Morgan fingerprint density at radius 1 is 1.11 bits per heavy atom. The molecule has 0 bridgehead atoms. The van der Waals surface area contributed by atoms with Crippen LogP contribution in [0.5, 0.6) is 0 Å². The van der Waals surface area contributed by atoms with Crippen LogP contribution in [-0.2, 0) is 23.0 Å². The van der Waals surface area contributed by atoms with Gasteiger partial charge in [-0.3, -0.25) is 0 Å². The van der Waals surface area contributed by atoms with Crippen molar-refractivity contribution in [2.24, 2.45) is 0 Å². The number of hydrogen-bond donors (Lipinski definition) is 0. The normalized spacial score (nSPS) is 19.4. The van der Waals surface area contributed by atoms with E-state index in [1.807, 2.05) is 12.1 Å². The lowest BCUT2D eigenvalue weighted by molar-refractivity contribution is 0.472. The third-order valence-corrected chi connectivity index (χ3v) is 5.42. The Bertz CT molecular complexity index is 707. The van der Waals surface area contributed by atoms with Crippen molar-refractivity contribution in [2.45, 2.75) is 13.0 Å². The molecule has 3 nitrogen and oxygen atoms in total. The van der Waals surface area contributed by atoms with E-state index in [-0.39, 0.29) is 5.75 Å². The van der Waals surface area contributed by atoms with E-state index in [1.165, 1.54) is 15.1 Å². The minimum atomic E-state index is -3.10. The summed E-state index contributed by atoms with van der Waals surface area (Å²) in [4.78, 5) is 0. The molecule has 0 radical (unpaired) electrons. The van der Waals surface area contributed by atoms with Crippen molar-refractivity contribution in [1.29, 1.82) is 0 Å². The van der Waals surface area contributed by atoms with E-state index in [0.717, 1.165) is 11.1 Å². The van der Waals surface area contributed by atoms with Crippen molar-refractivity contribution in [3.05, 3.63) is 47.5 Å². The maximum Gasteiger partial charge on any atom is 0.214 e. The first kappa shape index (κ1) is 11.7. The zero-order chi connectivity index (χ0) is 12.8. The summed E-state index contributed by atoms with van der Waals surface area (Å²) in [5.74, 6) is 0.203. The van der Waals surface area contributed by atoms with Gasteiger partial charge in [0, 0.05) is 13.6 Å². The maximum absolute atomic E-state index is 11.9. The van der Waals surface area contributed by atoms with Crippen molar-refractivity contribution < 1.29 is 8.42 Å². The number of rotatable bonds is 0. The Labute approximate surface area is 107 Å². The Kier molecular flexibility index (Phi) is 2.64. The van der Waals surface area contributed by atoms with Crippen LogP contribution in [0.1, 0.15) is 11.1 Å². The second kappa shape index (κ2) is 4.07. The third kappa shape index (κ3) is 1.82. The van der Waals surface area contributed by atoms with Crippen molar-refractivity contribution in [3.63, 3.8) is 0 Å². The Morgan fingerprint density at radius 2 is 1.89 bits per heavy atom. The lowest BCUT2D eigenvalue weighted by Crippen LogP contribution is -2.27. The highest BCUT2D eigenvalue weighted by Crippen LogP contribution is 2.27. The zero-order valence-electron chi connectivity index (χ0n) is 10.3. The summed E-state index contributed by atoms with van der Waals surface area (Å²) >= 11 is 0. The highest BCUT2D eigenvalue weighted by molar-refractivity contribution is 7.89. The summed E-state index contributed by atoms with van der Waals surface area (Å²) in [5.41, 5.74) is 2.30. The van der Waals surface area contributed by atoms with Crippen molar-refractivity contribution in [2.75, 3.05) is 12.8 Å². The molecule has 0 saturated carbocycles. The molecule has 0 aromatic heterocycles. The predicted molar refractivity (Wildman–Crippen MR) is 72.9 cm³/mol. The first-order chi connectivity index (χ1) is 8.58. The molecule has 18 heavy (non-hydrogen) atoms. The summed E-state index contributed by atoms with van der Waals surface area (Å²) in [5, 5.41) is 2.34. The number of nitrogens with zero attached hydrogens (tertiary/aromatic N) is 1. The molecule has 1 aliphatic rings. The lowest BCUT2D eigenvalue weighted by Gasteiger charge is -2.15.